The molecule has 302 valence electrons. The van der Waals surface area contributed by atoms with E-state index < -0.39 is 6.10 Å². The predicted molar refractivity (Wildman–Crippen MR) is 224 cm³/mol. The lowest BCUT2D eigenvalue weighted by molar-refractivity contribution is -0.163. The third-order valence-corrected chi connectivity index (χ3v) is 9.35. The van der Waals surface area contributed by atoms with Gasteiger partial charge in [0.25, 0.3) is 0 Å². The summed E-state index contributed by atoms with van der Waals surface area (Å²) in [6.07, 6.45) is 51.1. The van der Waals surface area contributed by atoms with E-state index in [1.807, 2.05) is 0 Å². The Hall–Kier alpha value is -2.14. The molecule has 1 unspecified atom stereocenters. The summed E-state index contributed by atoms with van der Waals surface area (Å²) in [5.41, 5.74) is 0. The number of carbonyl (C=O) groups excluding carboxylic acids is 2. The Labute approximate surface area is 322 Å². The number of hydrogen-bond acceptors (Lipinski definition) is 5. The van der Waals surface area contributed by atoms with Crippen molar-refractivity contribution >= 4 is 11.9 Å². The number of esters is 2. The van der Waals surface area contributed by atoms with Gasteiger partial charge in [-0.1, -0.05) is 179 Å². The molecule has 0 aromatic heterocycles. The highest BCUT2D eigenvalue weighted by atomic mass is 16.6. The summed E-state index contributed by atoms with van der Waals surface area (Å²) >= 11 is 0. The second-order valence-electron chi connectivity index (χ2n) is 14.6. The molecule has 0 radical (unpaired) electrons. The molecule has 1 atom stereocenters. The van der Waals surface area contributed by atoms with Crippen LogP contribution in [-0.4, -0.2) is 37.9 Å². The summed E-state index contributed by atoms with van der Waals surface area (Å²) in [6, 6.07) is 0. The summed E-state index contributed by atoms with van der Waals surface area (Å²) in [7, 11) is 0. The fraction of sp³-hybridized carbons (Fsp3) is 0.787. The SMILES string of the molecule is CC/C=C\C/C=C\C/C=C\CCCCCCCCCC(=O)OCC(COCCCCCCCCCC)OC(=O)CCCCCCC/C=C\CCCC. The fourth-order valence-electron chi connectivity index (χ4n) is 6.03. The molecule has 0 heterocycles. The fourth-order valence-corrected chi connectivity index (χ4v) is 6.03. The Morgan fingerprint density at radius 3 is 1.46 bits per heavy atom. The highest BCUT2D eigenvalue weighted by molar-refractivity contribution is 5.70. The molecule has 5 heteroatoms. The first kappa shape index (κ1) is 49.9. The van der Waals surface area contributed by atoms with E-state index in [2.05, 4.69) is 69.4 Å². The van der Waals surface area contributed by atoms with Crippen molar-refractivity contribution in [1.29, 1.82) is 0 Å². The Bertz CT molecular complexity index is 873. The van der Waals surface area contributed by atoms with E-state index in [4.69, 9.17) is 14.2 Å². The smallest absolute Gasteiger partial charge is 0.306 e. The van der Waals surface area contributed by atoms with Crippen molar-refractivity contribution in [1.82, 2.24) is 0 Å². The van der Waals surface area contributed by atoms with Gasteiger partial charge in [0.05, 0.1) is 6.61 Å². The number of allylic oxidation sites excluding steroid dienone is 8. The highest BCUT2D eigenvalue weighted by Crippen LogP contribution is 2.13. The van der Waals surface area contributed by atoms with Gasteiger partial charge in [0.1, 0.15) is 6.61 Å². The van der Waals surface area contributed by atoms with Gasteiger partial charge in [-0.3, -0.25) is 9.59 Å². The van der Waals surface area contributed by atoms with E-state index in [9.17, 15) is 9.59 Å². The normalized spacial score (nSPS) is 12.6. The van der Waals surface area contributed by atoms with Gasteiger partial charge in [0.2, 0.25) is 0 Å². The molecular weight excluding hydrogens is 645 g/mol. The van der Waals surface area contributed by atoms with Crippen molar-refractivity contribution in [2.75, 3.05) is 19.8 Å². The molecule has 0 fully saturated rings. The van der Waals surface area contributed by atoms with Gasteiger partial charge in [0.15, 0.2) is 6.10 Å². The van der Waals surface area contributed by atoms with Crippen LogP contribution in [-0.2, 0) is 23.8 Å². The molecule has 0 aliphatic heterocycles. The molecule has 0 aliphatic carbocycles. The third kappa shape index (κ3) is 40.6. The minimum absolute atomic E-state index is 0.0782. The zero-order valence-corrected chi connectivity index (χ0v) is 34.6. The topological polar surface area (TPSA) is 61.8 Å². The molecule has 0 spiro atoms. The standard InChI is InChI=1S/C47H84O5/c1-4-7-10-13-16-19-21-22-23-24-25-26-28-29-31-34-37-40-46(48)51-44-45(43-50-42-39-36-33-18-15-12-9-6-3)52-47(49)41-38-35-32-30-27-20-17-14-11-8-5-2/h7,10,14,16-17,19,22-23,45H,4-6,8-9,11-13,15,18,20-21,24-44H2,1-3H3/b10-7-,17-14-,19-16-,23-22-. The van der Waals surface area contributed by atoms with E-state index in [0.29, 0.717) is 19.4 Å². The van der Waals surface area contributed by atoms with Gasteiger partial charge in [-0.15, -0.1) is 0 Å². The molecule has 0 bridgehead atoms. The van der Waals surface area contributed by atoms with Crippen LogP contribution in [0.25, 0.3) is 0 Å². The lowest BCUT2D eigenvalue weighted by Gasteiger charge is -2.18. The number of ether oxygens (including phenoxy) is 3. The maximum atomic E-state index is 12.7. The zero-order chi connectivity index (χ0) is 37.8. The van der Waals surface area contributed by atoms with Gasteiger partial charge < -0.3 is 14.2 Å². The van der Waals surface area contributed by atoms with Crippen LogP contribution in [0.15, 0.2) is 48.6 Å². The molecule has 0 rings (SSSR count). The van der Waals surface area contributed by atoms with E-state index in [-0.39, 0.29) is 25.2 Å². The lowest BCUT2D eigenvalue weighted by Crippen LogP contribution is -2.30. The summed E-state index contributed by atoms with van der Waals surface area (Å²) in [4.78, 5) is 25.2. The van der Waals surface area contributed by atoms with Gasteiger partial charge in [-0.05, 0) is 70.6 Å². The Kier molecular flexibility index (Phi) is 41.5. The summed E-state index contributed by atoms with van der Waals surface area (Å²) < 4.78 is 17.2. The largest absolute Gasteiger partial charge is 0.462 e. The molecule has 0 amide bonds. The van der Waals surface area contributed by atoms with E-state index in [1.165, 1.54) is 96.3 Å². The molecule has 0 aliphatic rings. The Morgan fingerprint density at radius 2 is 0.885 bits per heavy atom. The molecule has 5 nitrogen and oxygen atoms in total. The van der Waals surface area contributed by atoms with E-state index >= 15 is 0 Å². The molecule has 0 N–H and O–H groups in total. The number of unbranched alkanes of at least 4 members (excludes halogenated alkanes) is 21. The van der Waals surface area contributed by atoms with Crippen LogP contribution in [0.1, 0.15) is 213 Å². The van der Waals surface area contributed by atoms with Crippen LogP contribution in [0.3, 0.4) is 0 Å². The Balaban J connectivity index is 4.18. The lowest BCUT2D eigenvalue weighted by atomic mass is 10.1. The molecule has 52 heavy (non-hydrogen) atoms. The second-order valence-corrected chi connectivity index (χ2v) is 14.6. The summed E-state index contributed by atoms with van der Waals surface area (Å²) in [5.74, 6) is -0.418. The number of rotatable bonds is 40. The van der Waals surface area contributed by atoms with Crippen LogP contribution >= 0.6 is 0 Å². The van der Waals surface area contributed by atoms with Crippen molar-refractivity contribution in [2.45, 2.75) is 219 Å². The maximum absolute atomic E-state index is 12.7. The highest BCUT2D eigenvalue weighted by Gasteiger charge is 2.17. The number of carbonyl (C=O) groups is 2. The zero-order valence-electron chi connectivity index (χ0n) is 34.6. The van der Waals surface area contributed by atoms with Crippen LogP contribution in [0.4, 0.5) is 0 Å². The quantitative estimate of drug-likeness (QED) is 0.0357. The maximum Gasteiger partial charge on any atom is 0.306 e. The van der Waals surface area contributed by atoms with Crippen molar-refractivity contribution in [3.63, 3.8) is 0 Å². The van der Waals surface area contributed by atoms with Crippen molar-refractivity contribution in [3.05, 3.63) is 48.6 Å². The van der Waals surface area contributed by atoms with Crippen LogP contribution < -0.4 is 0 Å². The molecular formula is C47H84O5. The monoisotopic (exact) mass is 729 g/mol. The average Bonchev–Trinajstić information content (AvgIpc) is 3.14. The average molecular weight is 729 g/mol. The molecule has 0 aromatic carbocycles. The van der Waals surface area contributed by atoms with Crippen molar-refractivity contribution in [2.24, 2.45) is 0 Å². The minimum Gasteiger partial charge on any atom is -0.462 e. The first-order chi connectivity index (χ1) is 25.6. The Morgan fingerprint density at radius 1 is 0.442 bits per heavy atom. The van der Waals surface area contributed by atoms with Gasteiger partial charge in [0, 0.05) is 19.4 Å². The second kappa shape index (κ2) is 43.3. The van der Waals surface area contributed by atoms with Crippen molar-refractivity contribution < 1.29 is 23.8 Å². The molecule has 0 aromatic rings. The van der Waals surface area contributed by atoms with Gasteiger partial charge in [-0.2, -0.15) is 0 Å². The van der Waals surface area contributed by atoms with Crippen LogP contribution in [0.2, 0.25) is 0 Å². The van der Waals surface area contributed by atoms with Gasteiger partial charge >= 0.3 is 11.9 Å². The number of hydrogen-bond donors (Lipinski definition) is 0. The molecule has 0 saturated heterocycles. The first-order valence-electron chi connectivity index (χ1n) is 22.2. The van der Waals surface area contributed by atoms with Crippen molar-refractivity contribution in [3.8, 4) is 0 Å². The predicted octanol–water partition coefficient (Wildman–Crippen LogP) is 14.4. The van der Waals surface area contributed by atoms with E-state index in [0.717, 1.165) is 83.5 Å². The van der Waals surface area contributed by atoms with Gasteiger partial charge in [-0.25, -0.2) is 0 Å². The summed E-state index contributed by atoms with van der Waals surface area (Å²) in [5, 5.41) is 0. The van der Waals surface area contributed by atoms with Crippen LogP contribution in [0, 0.1) is 0 Å². The minimum atomic E-state index is -0.538. The van der Waals surface area contributed by atoms with E-state index in [1.54, 1.807) is 0 Å². The molecule has 0 saturated carbocycles. The third-order valence-electron chi connectivity index (χ3n) is 9.35. The summed E-state index contributed by atoms with van der Waals surface area (Å²) in [6.45, 7) is 7.65. The first-order valence-corrected chi connectivity index (χ1v) is 22.2. The van der Waals surface area contributed by atoms with Crippen LogP contribution in [0.5, 0.6) is 0 Å².